The van der Waals surface area contributed by atoms with E-state index in [1.165, 1.54) is 16.0 Å². The van der Waals surface area contributed by atoms with Gasteiger partial charge in [-0.15, -0.1) is 11.3 Å². The number of aryl methyl sites for hydroxylation is 2. The summed E-state index contributed by atoms with van der Waals surface area (Å²) in [5, 5.41) is 4.11. The number of thiazole rings is 1. The van der Waals surface area contributed by atoms with Crippen LogP contribution in [0.1, 0.15) is 27.3 Å². The minimum absolute atomic E-state index is 0.0420. The number of carbonyl (C=O) groups excluding carboxylic acids is 1. The Bertz CT molecular complexity index is 991. The SMILES string of the molecule is Cc1ccc(-c2nc3c(s2)CN(C(=O)Nc2cccc(C)c2C)CC3)cc1. The molecule has 4 rings (SSSR count). The van der Waals surface area contributed by atoms with Crippen molar-refractivity contribution >= 4 is 23.1 Å². The number of benzene rings is 2. The first-order valence-corrected chi connectivity index (χ1v) is 10.0. The number of carbonyl (C=O) groups is 1. The van der Waals surface area contributed by atoms with Gasteiger partial charge >= 0.3 is 6.03 Å². The molecule has 2 aromatic carbocycles. The fourth-order valence-corrected chi connectivity index (χ4v) is 4.40. The van der Waals surface area contributed by atoms with Gasteiger partial charge in [0.05, 0.1) is 12.2 Å². The number of nitrogens with one attached hydrogen (secondary N) is 1. The van der Waals surface area contributed by atoms with Gasteiger partial charge in [0.15, 0.2) is 0 Å². The maximum atomic E-state index is 12.8. The summed E-state index contributed by atoms with van der Waals surface area (Å²) in [7, 11) is 0. The van der Waals surface area contributed by atoms with Crippen molar-refractivity contribution in [3.8, 4) is 10.6 Å². The van der Waals surface area contributed by atoms with E-state index in [2.05, 4.69) is 49.5 Å². The van der Waals surface area contributed by atoms with Gasteiger partial charge in [0, 0.05) is 29.1 Å². The Labute approximate surface area is 163 Å². The standard InChI is InChI=1S/C22H23N3OS/c1-14-7-9-17(10-8-14)21-23-19-11-12-25(13-20(19)27-21)22(26)24-18-6-4-5-15(2)16(18)3/h4-10H,11-13H2,1-3H3,(H,24,26). The van der Waals surface area contributed by atoms with Gasteiger partial charge in [-0.3, -0.25) is 0 Å². The van der Waals surface area contributed by atoms with Crippen LogP contribution in [-0.2, 0) is 13.0 Å². The lowest BCUT2D eigenvalue weighted by Gasteiger charge is -2.26. The van der Waals surface area contributed by atoms with Gasteiger partial charge in [-0.1, -0.05) is 42.0 Å². The van der Waals surface area contributed by atoms with Crippen LogP contribution in [0.3, 0.4) is 0 Å². The maximum absolute atomic E-state index is 12.8. The first kappa shape index (κ1) is 17.7. The summed E-state index contributed by atoms with van der Waals surface area (Å²) >= 11 is 1.69. The molecule has 1 aliphatic heterocycles. The van der Waals surface area contributed by atoms with Crippen LogP contribution in [0.15, 0.2) is 42.5 Å². The number of amides is 2. The Morgan fingerprint density at radius 1 is 1.11 bits per heavy atom. The summed E-state index contributed by atoms with van der Waals surface area (Å²) in [6.07, 6.45) is 0.803. The van der Waals surface area contributed by atoms with Crippen LogP contribution in [0.2, 0.25) is 0 Å². The molecule has 0 spiro atoms. The molecule has 0 fully saturated rings. The molecule has 0 saturated heterocycles. The smallest absolute Gasteiger partial charge is 0.319 e. The Kier molecular flexibility index (Phi) is 4.70. The molecule has 0 unspecified atom stereocenters. The highest BCUT2D eigenvalue weighted by Gasteiger charge is 2.24. The number of aromatic nitrogens is 1. The molecule has 138 valence electrons. The number of nitrogens with zero attached hydrogens (tertiary/aromatic N) is 2. The average Bonchev–Trinajstić information content (AvgIpc) is 3.09. The summed E-state index contributed by atoms with van der Waals surface area (Å²) in [5.74, 6) is 0. The van der Waals surface area contributed by atoms with Crippen LogP contribution in [0.4, 0.5) is 10.5 Å². The third-order valence-corrected chi connectivity index (χ3v) is 6.29. The minimum atomic E-state index is -0.0420. The first-order valence-electron chi connectivity index (χ1n) is 9.19. The van der Waals surface area contributed by atoms with Crippen LogP contribution in [0.5, 0.6) is 0 Å². The number of rotatable bonds is 2. The van der Waals surface area contributed by atoms with Crippen molar-refractivity contribution in [2.75, 3.05) is 11.9 Å². The second-order valence-electron chi connectivity index (χ2n) is 7.10. The number of urea groups is 1. The summed E-state index contributed by atoms with van der Waals surface area (Å²) in [6, 6.07) is 14.4. The molecule has 1 aliphatic rings. The molecule has 27 heavy (non-hydrogen) atoms. The zero-order valence-corrected chi connectivity index (χ0v) is 16.7. The van der Waals surface area contributed by atoms with E-state index in [0.29, 0.717) is 13.1 Å². The largest absolute Gasteiger partial charge is 0.322 e. The molecule has 0 aliphatic carbocycles. The summed E-state index contributed by atoms with van der Waals surface area (Å²) in [4.78, 5) is 20.6. The Hall–Kier alpha value is -2.66. The highest BCUT2D eigenvalue weighted by atomic mass is 32.1. The highest BCUT2D eigenvalue weighted by Crippen LogP contribution is 2.32. The highest BCUT2D eigenvalue weighted by molar-refractivity contribution is 7.15. The van der Waals surface area contributed by atoms with Crippen LogP contribution in [-0.4, -0.2) is 22.5 Å². The van der Waals surface area contributed by atoms with Gasteiger partial charge in [0.25, 0.3) is 0 Å². The summed E-state index contributed by atoms with van der Waals surface area (Å²) < 4.78 is 0. The molecule has 0 atom stereocenters. The van der Waals surface area contributed by atoms with Crippen molar-refractivity contribution in [2.24, 2.45) is 0 Å². The second-order valence-corrected chi connectivity index (χ2v) is 8.19. The second kappa shape index (κ2) is 7.16. The third-order valence-electron chi connectivity index (χ3n) is 5.16. The molecule has 3 aromatic rings. The van der Waals surface area contributed by atoms with E-state index in [4.69, 9.17) is 4.98 Å². The molecule has 0 radical (unpaired) electrons. The van der Waals surface area contributed by atoms with Crippen molar-refractivity contribution in [3.63, 3.8) is 0 Å². The summed E-state index contributed by atoms with van der Waals surface area (Å²) in [5.41, 5.74) is 6.70. The maximum Gasteiger partial charge on any atom is 0.322 e. The minimum Gasteiger partial charge on any atom is -0.319 e. The number of anilines is 1. The molecule has 5 heteroatoms. The van der Waals surface area contributed by atoms with Crippen LogP contribution in [0, 0.1) is 20.8 Å². The van der Waals surface area contributed by atoms with E-state index in [1.54, 1.807) is 11.3 Å². The molecule has 4 nitrogen and oxygen atoms in total. The van der Waals surface area contributed by atoms with E-state index in [1.807, 2.05) is 24.0 Å². The number of fused-ring (bicyclic) bond motifs is 1. The van der Waals surface area contributed by atoms with Crippen molar-refractivity contribution in [3.05, 3.63) is 69.7 Å². The Morgan fingerprint density at radius 2 is 1.89 bits per heavy atom. The van der Waals surface area contributed by atoms with Crippen molar-refractivity contribution in [2.45, 2.75) is 33.7 Å². The molecule has 1 N–H and O–H groups in total. The lowest BCUT2D eigenvalue weighted by atomic mass is 10.1. The lowest BCUT2D eigenvalue weighted by Crippen LogP contribution is -2.38. The zero-order valence-electron chi connectivity index (χ0n) is 15.9. The quantitative estimate of drug-likeness (QED) is 0.656. The molecular formula is C22H23N3OS. The topological polar surface area (TPSA) is 45.2 Å². The van der Waals surface area contributed by atoms with Crippen molar-refractivity contribution in [1.82, 2.24) is 9.88 Å². The van der Waals surface area contributed by atoms with E-state index in [-0.39, 0.29) is 6.03 Å². The normalized spacial score (nSPS) is 13.4. The van der Waals surface area contributed by atoms with Gasteiger partial charge in [-0.05, 0) is 38.0 Å². The van der Waals surface area contributed by atoms with Crippen LogP contribution < -0.4 is 5.32 Å². The van der Waals surface area contributed by atoms with Crippen LogP contribution in [0.25, 0.3) is 10.6 Å². The van der Waals surface area contributed by atoms with Gasteiger partial charge in [-0.25, -0.2) is 9.78 Å². The zero-order chi connectivity index (χ0) is 19.0. The lowest BCUT2D eigenvalue weighted by molar-refractivity contribution is 0.207. The van der Waals surface area contributed by atoms with E-state index < -0.39 is 0 Å². The number of hydrogen-bond acceptors (Lipinski definition) is 3. The van der Waals surface area contributed by atoms with Gasteiger partial charge in [-0.2, -0.15) is 0 Å². The first-order chi connectivity index (χ1) is 13.0. The average molecular weight is 378 g/mol. The Balaban J connectivity index is 1.50. The summed E-state index contributed by atoms with van der Waals surface area (Å²) in [6.45, 7) is 7.50. The molecule has 0 bridgehead atoms. The van der Waals surface area contributed by atoms with Gasteiger partial charge in [0.2, 0.25) is 0 Å². The van der Waals surface area contributed by atoms with Crippen LogP contribution >= 0.6 is 11.3 Å². The van der Waals surface area contributed by atoms with E-state index in [9.17, 15) is 4.79 Å². The molecule has 0 saturated carbocycles. The monoisotopic (exact) mass is 377 g/mol. The fourth-order valence-electron chi connectivity index (χ4n) is 3.27. The van der Waals surface area contributed by atoms with Gasteiger partial charge in [0.1, 0.15) is 5.01 Å². The van der Waals surface area contributed by atoms with Crippen molar-refractivity contribution in [1.29, 1.82) is 0 Å². The van der Waals surface area contributed by atoms with E-state index in [0.717, 1.165) is 33.9 Å². The number of hydrogen-bond donors (Lipinski definition) is 1. The van der Waals surface area contributed by atoms with Crippen molar-refractivity contribution < 1.29 is 4.79 Å². The predicted molar refractivity (Wildman–Crippen MR) is 111 cm³/mol. The molecular weight excluding hydrogens is 354 g/mol. The van der Waals surface area contributed by atoms with Gasteiger partial charge < -0.3 is 10.2 Å². The third kappa shape index (κ3) is 3.60. The Morgan fingerprint density at radius 3 is 2.67 bits per heavy atom. The molecule has 1 aromatic heterocycles. The molecule has 2 amide bonds. The fraction of sp³-hybridized carbons (Fsp3) is 0.273. The van der Waals surface area contributed by atoms with E-state index >= 15 is 0 Å². The predicted octanol–water partition coefficient (Wildman–Crippen LogP) is 5.33. The molecule has 2 heterocycles.